The number of nitrogens with one attached hydrogen (secondary N) is 2. The molecule has 0 atom stereocenters. The number of hydrogen-bond acceptors (Lipinski definition) is 4. The first-order valence-electron chi connectivity index (χ1n) is 8.76. The molecule has 0 bridgehead atoms. The number of amides is 1. The van der Waals surface area contributed by atoms with Gasteiger partial charge in [-0.15, -0.1) is 10.2 Å². The zero-order valence-electron chi connectivity index (χ0n) is 14.8. The van der Waals surface area contributed by atoms with Crippen LogP contribution in [0.1, 0.15) is 28.5 Å². The van der Waals surface area contributed by atoms with Crippen LogP contribution in [0.5, 0.6) is 0 Å². The molecule has 132 valence electrons. The van der Waals surface area contributed by atoms with Gasteiger partial charge >= 0.3 is 0 Å². The normalized spacial score (nSPS) is 10.3. The zero-order chi connectivity index (χ0) is 18.2. The van der Waals surface area contributed by atoms with E-state index in [1.807, 2.05) is 42.5 Å². The van der Waals surface area contributed by atoms with E-state index < -0.39 is 0 Å². The minimum Gasteiger partial charge on any atom is -0.368 e. The number of hydrogen-bond donors (Lipinski definition) is 2. The van der Waals surface area contributed by atoms with Gasteiger partial charge in [0.25, 0.3) is 5.91 Å². The van der Waals surface area contributed by atoms with Crippen LogP contribution < -0.4 is 10.6 Å². The van der Waals surface area contributed by atoms with E-state index in [1.165, 1.54) is 11.1 Å². The number of rotatable bonds is 7. The summed E-state index contributed by atoms with van der Waals surface area (Å²) in [7, 11) is 0. The highest BCUT2D eigenvalue weighted by Gasteiger charge is 2.08. The van der Waals surface area contributed by atoms with Gasteiger partial charge in [0.1, 0.15) is 5.82 Å². The minimum atomic E-state index is -0.266. The lowest BCUT2D eigenvalue weighted by Crippen LogP contribution is -2.15. The van der Waals surface area contributed by atoms with Crippen molar-refractivity contribution in [3.63, 3.8) is 0 Å². The molecule has 0 spiro atoms. The van der Waals surface area contributed by atoms with E-state index >= 15 is 0 Å². The number of aryl methyl sites for hydroxylation is 1. The quantitative estimate of drug-likeness (QED) is 0.680. The van der Waals surface area contributed by atoms with E-state index in [-0.39, 0.29) is 11.6 Å². The Bertz CT molecular complexity index is 830. The van der Waals surface area contributed by atoms with Crippen molar-refractivity contribution in [3.8, 4) is 0 Å². The molecule has 2 N–H and O–H groups in total. The van der Waals surface area contributed by atoms with Gasteiger partial charge in [0, 0.05) is 12.2 Å². The number of benzene rings is 2. The molecule has 3 aromatic rings. The van der Waals surface area contributed by atoms with E-state index in [0.717, 1.165) is 25.1 Å². The molecule has 1 amide bonds. The van der Waals surface area contributed by atoms with Crippen molar-refractivity contribution in [1.82, 2.24) is 10.2 Å². The van der Waals surface area contributed by atoms with Crippen LogP contribution in [0.3, 0.4) is 0 Å². The predicted octanol–water partition coefficient (Wildman–Crippen LogP) is 3.95. The highest BCUT2D eigenvalue weighted by atomic mass is 16.1. The van der Waals surface area contributed by atoms with Gasteiger partial charge in [-0.2, -0.15) is 0 Å². The predicted molar refractivity (Wildman–Crippen MR) is 104 cm³/mol. The Morgan fingerprint density at radius 1 is 0.885 bits per heavy atom. The van der Waals surface area contributed by atoms with Crippen LogP contribution in [0, 0.1) is 0 Å². The Morgan fingerprint density at radius 2 is 1.65 bits per heavy atom. The Morgan fingerprint density at radius 3 is 2.31 bits per heavy atom. The molecule has 1 heterocycles. The molecule has 0 saturated heterocycles. The lowest BCUT2D eigenvalue weighted by Gasteiger charge is -2.07. The van der Waals surface area contributed by atoms with E-state index in [4.69, 9.17) is 0 Å². The summed E-state index contributed by atoms with van der Waals surface area (Å²) in [5, 5.41) is 14.1. The first-order chi connectivity index (χ1) is 12.7. The molecule has 0 aliphatic rings. The maximum absolute atomic E-state index is 12.2. The summed E-state index contributed by atoms with van der Waals surface area (Å²) in [5.74, 6) is 0.391. The molecule has 0 radical (unpaired) electrons. The molecule has 0 unspecified atom stereocenters. The SMILES string of the molecule is CCc1ccc(NC(=O)c2ccc(NCCc3ccccc3)nn2)cc1. The average Bonchev–Trinajstić information content (AvgIpc) is 2.70. The second kappa shape index (κ2) is 8.76. The fraction of sp³-hybridized carbons (Fsp3) is 0.190. The second-order valence-corrected chi connectivity index (χ2v) is 5.97. The third kappa shape index (κ3) is 4.89. The Balaban J connectivity index is 1.52. The summed E-state index contributed by atoms with van der Waals surface area (Å²) in [4.78, 5) is 12.2. The molecule has 1 aromatic heterocycles. The molecule has 0 aliphatic heterocycles. The number of aromatic nitrogens is 2. The van der Waals surface area contributed by atoms with Crippen LogP contribution in [0.4, 0.5) is 11.5 Å². The molecular formula is C21H22N4O. The molecular weight excluding hydrogens is 324 g/mol. The molecule has 2 aromatic carbocycles. The maximum atomic E-state index is 12.2. The summed E-state index contributed by atoms with van der Waals surface area (Å²) in [6, 6.07) is 21.5. The summed E-state index contributed by atoms with van der Waals surface area (Å²) in [6.07, 6.45) is 1.87. The largest absolute Gasteiger partial charge is 0.368 e. The molecule has 5 nitrogen and oxygen atoms in total. The van der Waals surface area contributed by atoms with Crippen molar-refractivity contribution >= 4 is 17.4 Å². The van der Waals surface area contributed by atoms with Gasteiger partial charge in [0.05, 0.1) is 0 Å². The van der Waals surface area contributed by atoms with Crippen molar-refractivity contribution in [2.75, 3.05) is 17.2 Å². The molecule has 3 rings (SSSR count). The standard InChI is InChI=1S/C21H22N4O/c1-2-16-8-10-18(11-9-16)23-21(26)19-12-13-20(25-24-19)22-15-14-17-6-4-3-5-7-17/h3-13H,2,14-15H2,1H3,(H,22,25)(H,23,26). The van der Waals surface area contributed by atoms with Gasteiger partial charge < -0.3 is 10.6 Å². The molecule has 0 saturated carbocycles. The topological polar surface area (TPSA) is 66.9 Å². The number of carbonyl (C=O) groups is 1. The van der Waals surface area contributed by atoms with E-state index in [9.17, 15) is 4.79 Å². The van der Waals surface area contributed by atoms with Gasteiger partial charge in [0.2, 0.25) is 0 Å². The average molecular weight is 346 g/mol. The van der Waals surface area contributed by atoms with Crippen molar-refractivity contribution < 1.29 is 4.79 Å². The minimum absolute atomic E-state index is 0.266. The van der Waals surface area contributed by atoms with Crippen LogP contribution in [-0.2, 0) is 12.8 Å². The van der Waals surface area contributed by atoms with E-state index in [0.29, 0.717) is 5.82 Å². The molecule has 0 aliphatic carbocycles. The summed E-state index contributed by atoms with van der Waals surface area (Å²) >= 11 is 0. The Hall–Kier alpha value is -3.21. The van der Waals surface area contributed by atoms with Gasteiger partial charge in [-0.25, -0.2) is 0 Å². The van der Waals surface area contributed by atoms with Crippen molar-refractivity contribution in [3.05, 3.63) is 83.6 Å². The summed E-state index contributed by atoms with van der Waals surface area (Å²) < 4.78 is 0. The smallest absolute Gasteiger partial charge is 0.276 e. The van der Waals surface area contributed by atoms with Crippen LogP contribution in [0.2, 0.25) is 0 Å². The lowest BCUT2D eigenvalue weighted by atomic mass is 10.1. The number of carbonyl (C=O) groups excluding carboxylic acids is 1. The van der Waals surface area contributed by atoms with Crippen molar-refractivity contribution in [1.29, 1.82) is 0 Å². The fourth-order valence-corrected chi connectivity index (χ4v) is 2.55. The van der Waals surface area contributed by atoms with Gasteiger partial charge in [-0.3, -0.25) is 4.79 Å². The Kier molecular flexibility index (Phi) is 5.93. The molecule has 26 heavy (non-hydrogen) atoms. The summed E-state index contributed by atoms with van der Waals surface area (Å²) in [6.45, 7) is 2.85. The first kappa shape index (κ1) is 17.6. The second-order valence-electron chi connectivity index (χ2n) is 5.97. The lowest BCUT2D eigenvalue weighted by molar-refractivity contribution is 0.102. The highest BCUT2D eigenvalue weighted by molar-refractivity contribution is 6.02. The van der Waals surface area contributed by atoms with Crippen molar-refractivity contribution in [2.24, 2.45) is 0 Å². The monoisotopic (exact) mass is 346 g/mol. The molecule has 5 heteroatoms. The number of nitrogens with zero attached hydrogens (tertiary/aromatic N) is 2. The number of anilines is 2. The van der Waals surface area contributed by atoms with Gasteiger partial charge in [0.15, 0.2) is 5.69 Å². The maximum Gasteiger partial charge on any atom is 0.276 e. The van der Waals surface area contributed by atoms with E-state index in [1.54, 1.807) is 12.1 Å². The van der Waals surface area contributed by atoms with Crippen LogP contribution >= 0.6 is 0 Å². The third-order valence-electron chi connectivity index (χ3n) is 4.08. The molecule has 0 fully saturated rings. The van der Waals surface area contributed by atoms with Gasteiger partial charge in [-0.05, 0) is 48.2 Å². The van der Waals surface area contributed by atoms with Crippen molar-refractivity contribution in [2.45, 2.75) is 19.8 Å². The van der Waals surface area contributed by atoms with Crippen LogP contribution in [-0.4, -0.2) is 22.6 Å². The first-order valence-corrected chi connectivity index (χ1v) is 8.76. The summed E-state index contributed by atoms with van der Waals surface area (Å²) in [5.41, 5.74) is 3.53. The van der Waals surface area contributed by atoms with E-state index in [2.05, 4.69) is 39.9 Å². The fourth-order valence-electron chi connectivity index (χ4n) is 2.55. The Labute approximate surface area is 153 Å². The van der Waals surface area contributed by atoms with Gasteiger partial charge in [-0.1, -0.05) is 49.4 Å². The zero-order valence-corrected chi connectivity index (χ0v) is 14.8. The van der Waals surface area contributed by atoms with Crippen LogP contribution in [0.25, 0.3) is 0 Å². The third-order valence-corrected chi connectivity index (χ3v) is 4.08. The highest BCUT2D eigenvalue weighted by Crippen LogP contribution is 2.11. The van der Waals surface area contributed by atoms with Crippen LogP contribution in [0.15, 0.2) is 66.7 Å².